The van der Waals surface area contributed by atoms with E-state index in [1.165, 1.54) is 11.1 Å². The lowest BCUT2D eigenvalue weighted by Gasteiger charge is -2.11. The molecule has 3 aromatic rings. The lowest BCUT2D eigenvalue weighted by molar-refractivity contribution is 0.0526. The second kappa shape index (κ2) is 8.39. The summed E-state index contributed by atoms with van der Waals surface area (Å²) in [5.74, 6) is 0.664. The van der Waals surface area contributed by atoms with Crippen LogP contribution in [0, 0.1) is 0 Å². The van der Waals surface area contributed by atoms with Crippen molar-refractivity contribution in [3.8, 4) is 11.4 Å². The molecule has 2 aromatic heterocycles. The Hall–Kier alpha value is -2.73. The topological polar surface area (TPSA) is 64.1 Å². The monoisotopic (exact) mass is 353 g/mol. The molecule has 0 aliphatic carbocycles. The summed E-state index contributed by atoms with van der Waals surface area (Å²) in [6.07, 6.45) is 2.39. The standard InChI is InChI=1S/C19H19N3O2S/c1-2-24-19(23)16-13-21-17(14-7-4-3-5-8-14)22-18(16)20-11-10-15-9-6-12-25-15/h3-9,12-13H,2,10-11H2,1H3,(H,20,21,22). The summed E-state index contributed by atoms with van der Waals surface area (Å²) in [5.41, 5.74) is 1.26. The molecule has 1 N–H and O–H groups in total. The second-order valence-corrected chi connectivity index (χ2v) is 6.33. The third-order valence-electron chi connectivity index (χ3n) is 3.56. The van der Waals surface area contributed by atoms with E-state index < -0.39 is 5.97 Å². The summed E-state index contributed by atoms with van der Waals surface area (Å²) in [6, 6.07) is 13.8. The largest absolute Gasteiger partial charge is 0.462 e. The van der Waals surface area contributed by atoms with Crippen molar-refractivity contribution < 1.29 is 9.53 Å². The minimum atomic E-state index is -0.416. The van der Waals surface area contributed by atoms with Crippen LogP contribution in [0.15, 0.2) is 54.0 Å². The maximum absolute atomic E-state index is 12.2. The first-order valence-electron chi connectivity index (χ1n) is 8.13. The van der Waals surface area contributed by atoms with Crippen molar-refractivity contribution in [2.24, 2.45) is 0 Å². The van der Waals surface area contributed by atoms with Crippen molar-refractivity contribution in [1.29, 1.82) is 0 Å². The molecule has 0 saturated carbocycles. The number of ether oxygens (including phenoxy) is 1. The second-order valence-electron chi connectivity index (χ2n) is 5.30. The summed E-state index contributed by atoms with van der Waals surface area (Å²) in [5, 5.41) is 5.31. The van der Waals surface area contributed by atoms with Gasteiger partial charge in [-0.2, -0.15) is 0 Å². The summed E-state index contributed by atoms with van der Waals surface area (Å²) in [4.78, 5) is 22.3. The fraction of sp³-hybridized carbons (Fsp3) is 0.211. The number of rotatable bonds is 7. The van der Waals surface area contributed by atoms with Crippen LogP contribution in [0.4, 0.5) is 5.82 Å². The smallest absolute Gasteiger partial charge is 0.343 e. The fourth-order valence-electron chi connectivity index (χ4n) is 2.36. The van der Waals surface area contributed by atoms with Gasteiger partial charge in [-0.3, -0.25) is 0 Å². The molecule has 1 aromatic carbocycles. The summed E-state index contributed by atoms with van der Waals surface area (Å²) < 4.78 is 5.11. The summed E-state index contributed by atoms with van der Waals surface area (Å²) >= 11 is 1.71. The van der Waals surface area contributed by atoms with Gasteiger partial charge in [0.1, 0.15) is 11.4 Å². The molecule has 0 aliphatic rings. The number of carbonyl (C=O) groups is 1. The van der Waals surface area contributed by atoms with E-state index in [1.54, 1.807) is 18.3 Å². The predicted molar refractivity (Wildman–Crippen MR) is 99.9 cm³/mol. The molecule has 0 amide bonds. The molecule has 2 heterocycles. The zero-order valence-corrected chi connectivity index (χ0v) is 14.8. The molecule has 0 unspecified atom stereocenters. The highest BCUT2D eigenvalue weighted by molar-refractivity contribution is 7.09. The van der Waals surface area contributed by atoms with Crippen molar-refractivity contribution in [1.82, 2.24) is 9.97 Å². The minimum absolute atomic E-state index is 0.313. The fourth-order valence-corrected chi connectivity index (χ4v) is 3.07. The molecule has 0 bridgehead atoms. The Kier molecular flexibility index (Phi) is 5.74. The molecule has 0 fully saturated rings. The lowest BCUT2D eigenvalue weighted by Crippen LogP contribution is -2.14. The summed E-state index contributed by atoms with van der Waals surface area (Å²) in [6.45, 7) is 2.77. The van der Waals surface area contributed by atoms with Crippen LogP contribution in [0.3, 0.4) is 0 Å². The molecule has 0 radical (unpaired) electrons. The Morgan fingerprint density at radius 1 is 1.20 bits per heavy atom. The number of anilines is 1. The van der Waals surface area contributed by atoms with Gasteiger partial charge in [-0.05, 0) is 24.8 Å². The lowest BCUT2D eigenvalue weighted by atomic mass is 10.2. The molecule has 25 heavy (non-hydrogen) atoms. The SMILES string of the molecule is CCOC(=O)c1cnc(-c2ccccc2)nc1NCCc1cccs1. The molecule has 0 atom stereocenters. The van der Waals surface area contributed by atoms with Crippen molar-refractivity contribution in [2.45, 2.75) is 13.3 Å². The van der Waals surface area contributed by atoms with E-state index in [4.69, 9.17) is 4.74 Å². The van der Waals surface area contributed by atoms with Crippen molar-refractivity contribution in [3.05, 3.63) is 64.5 Å². The van der Waals surface area contributed by atoms with Gasteiger partial charge in [0.2, 0.25) is 0 Å². The number of hydrogen-bond donors (Lipinski definition) is 1. The normalized spacial score (nSPS) is 10.4. The van der Waals surface area contributed by atoms with Crippen LogP contribution in [0.25, 0.3) is 11.4 Å². The van der Waals surface area contributed by atoms with E-state index in [-0.39, 0.29) is 0 Å². The third kappa shape index (κ3) is 4.42. The van der Waals surface area contributed by atoms with Crippen LogP contribution in [0.5, 0.6) is 0 Å². The molecule has 0 saturated heterocycles. The molecular formula is C19H19N3O2S. The predicted octanol–water partition coefficient (Wildman–Crippen LogP) is 4.04. The number of nitrogens with zero attached hydrogens (tertiary/aromatic N) is 2. The average molecular weight is 353 g/mol. The number of nitrogens with one attached hydrogen (secondary N) is 1. The Bertz CT molecular complexity index is 820. The van der Waals surface area contributed by atoms with Gasteiger partial charge in [0.15, 0.2) is 5.82 Å². The van der Waals surface area contributed by atoms with Gasteiger partial charge in [0.05, 0.1) is 6.61 Å². The van der Waals surface area contributed by atoms with Crippen LogP contribution in [0.1, 0.15) is 22.2 Å². The third-order valence-corrected chi connectivity index (χ3v) is 4.50. The van der Waals surface area contributed by atoms with E-state index >= 15 is 0 Å². The zero-order chi connectivity index (χ0) is 17.5. The van der Waals surface area contributed by atoms with Gasteiger partial charge in [-0.15, -0.1) is 11.3 Å². The van der Waals surface area contributed by atoms with Crippen LogP contribution in [0.2, 0.25) is 0 Å². The summed E-state index contributed by atoms with van der Waals surface area (Å²) in [7, 11) is 0. The number of aromatic nitrogens is 2. The van der Waals surface area contributed by atoms with E-state index in [9.17, 15) is 4.79 Å². The van der Waals surface area contributed by atoms with Crippen molar-refractivity contribution >= 4 is 23.1 Å². The van der Waals surface area contributed by atoms with Gasteiger partial charge in [-0.25, -0.2) is 14.8 Å². The van der Waals surface area contributed by atoms with E-state index in [1.807, 2.05) is 36.4 Å². The molecular weight excluding hydrogens is 334 g/mol. The molecule has 0 spiro atoms. The Morgan fingerprint density at radius 3 is 2.76 bits per heavy atom. The maximum Gasteiger partial charge on any atom is 0.343 e. The van der Waals surface area contributed by atoms with Crippen molar-refractivity contribution in [2.75, 3.05) is 18.5 Å². The van der Waals surface area contributed by atoms with Gasteiger partial charge in [0.25, 0.3) is 0 Å². The molecule has 0 aliphatic heterocycles. The van der Waals surface area contributed by atoms with E-state index in [0.717, 1.165) is 12.0 Å². The quantitative estimate of drug-likeness (QED) is 0.650. The highest BCUT2D eigenvalue weighted by atomic mass is 32.1. The van der Waals surface area contributed by atoms with Gasteiger partial charge in [-0.1, -0.05) is 36.4 Å². The first-order valence-corrected chi connectivity index (χ1v) is 9.01. The first kappa shape index (κ1) is 17.1. The van der Waals surface area contributed by atoms with Gasteiger partial charge < -0.3 is 10.1 Å². The highest BCUT2D eigenvalue weighted by Gasteiger charge is 2.16. The first-order chi connectivity index (χ1) is 12.3. The number of benzene rings is 1. The van der Waals surface area contributed by atoms with Crippen molar-refractivity contribution in [3.63, 3.8) is 0 Å². The van der Waals surface area contributed by atoms with E-state index in [0.29, 0.717) is 30.4 Å². The molecule has 128 valence electrons. The minimum Gasteiger partial charge on any atom is -0.462 e. The average Bonchev–Trinajstić information content (AvgIpc) is 3.16. The van der Waals surface area contributed by atoms with Crippen LogP contribution >= 0.6 is 11.3 Å². The number of esters is 1. The Labute approximate surface area is 150 Å². The number of thiophene rings is 1. The zero-order valence-electron chi connectivity index (χ0n) is 13.9. The highest BCUT2D eigenvalue weighted by Crippen LogP contribution is 2.20. The van der Waals surface area contributed by atoms with Gasteiger partial charge >= 0.3 is 5.97 Å². The van der Waals surface area contributed by atoms with E-state index in [2.05, 4.69) is 26.7 Å². The Morgan fingerprint density at radius 2 is 2.04 bits per heavy atom. The van der Waals surface area contributed by atoms with Crippen LogP contribution < -0.4 is 5.32 Å². The number of carbonyl (C=O) groups excluding carboxylic acids is 1. The molecule has 5 nitrogen and oxygen atoms in total. The molecule has 6 heteroatoms. The Balaban J connectivity index is 1.83. The maximum atomic E-state index is 12.2. The number of hydrogen-bond acceptors (Lipinski definition) is 6. The van der Waals surface area contributed by atoms with Gasteiger partial charge in [0, 0.05) is 23.2 Å². The van der Waals surface area contributed by atoms with Crippen LogP contribution in [-0.4, -0.2) is 29.1 Å². The molecule has 3 rings (SSSR count). The van der Waals surface area contributed by atoms with Crippen LogP contribution in [-0.2, 0) is 11.2 Å².